The van der Waals surface area contributed by atoms with Crippen LogP contribution in [0.15, 0.2) is 42.7 Å². The van der Waals surface area contributed by atoms with Gasteiger partial charge in [0.1, 0.15) is 11.3 Å². The van der Waals surface area contributed by atoms with Gasteiger partial charge in [-0.25, -0.2) is 0 Å². The summed E-state index contributed by atoms with van der Waals surface area (Å²) >= 11 is 0. The molecule has 3 N–H and O–H groups in total. The van der Waals surface area contributed by atoms with Crippen LogP contribution in [0.4, 0.5) is 5.69 Å². The van der Waals surface area contributed by atoms with E-state index in [1.165, 1.54) is 7.11 Å². The van der Waals surface area contributed by atoms with E-state index in [1.807, 2.05) is 12.1 Å². The predicted molar refractivity (Wildman–Crippen MR) is 77.7 cm³/mol. The molecule has 0 aliphatic heterocycles. The fraction of sp³-hybridized carbons (Fsp3) is 0.200. The summed E-state index contributed by atoms with van der Waals surface area (Å²) in [7, 11) is 1.52. The molecule has 1 aromatic carbocycles. The normalized spacial score (nSPS) is 10.1. The Kier molecular flexibility index (Phi) is 4.55. The smallest absolute Gasteiger partial charge is 0.257 e. The van der Waals surface area contributed by atoms with Gasteiger partial charge in [-0.05, 0) is 36.2 Å². The van der Waals surface area contributed by atoms with E-state index in [2.05, 4.69) is 10.3 Å². The summed E-state index contributed by atoms with van der Waals surface area (Å²) in [5.74, 6) is 0.250. The number of hydrogen-bond donors (Lipinski definition) is 2. The zero-order chi connectivity index (χ0) is 14.4. The molecule has 1 aromatic heterocycles. The van der Waals surface area contributed by atoms with E-state index in [1.54, 1.807) is 30.6 Å². The Morgan fingerprint density at radius 2 is 2.05 bits per heavy atom. The number of anilines is 1. The Morgan fingerprint density at radius 1 is 1.30 bits per heavy atom. The number of aromatic nitrogens is 1. The highest BCUT2D eigenvalue weighted by Gasteiger charge is 2.14. The molecule has 2 rings (SSSR count). The van der Waals surface area contributed by atoms with Gasteiger partial charge >= 0.3 is 0 Å². The van der Waals surface area contributed by atoms with Crippen molar-refractivity contribution in [1.82, 2.24) is 10.3 Å². The van der Waals surface area contributed by atoms with Gasteiger partial charge < -0.3 is 15.8 Å². The second-order valence-corrected chi connectivity index (χ2v) is 4.29. The maximum atomic E-state index is 12.2. The van der Waals surface area contributed by atoms with Gasteiger partial charge in [-0.3, -0.25) is 9.78 Å². The first kappa shape index (κ1) is 13.9. The highest BCUT2D eigenvalue weighted by atomic mass is 16.5. The molecular weight excluding hydrogens is 254 g/mol. The SMILES string of the molecule is COc1cccc(N)c1C(=O)NCCc1ccncc1. The van der Waals surface area contributed by atoms with E-state index in [9.17, 15) is 4.79 Å². The minimum atomic E-state index is -0.228. The van der Waals surface area contributed by atoms with Crippen LogP contribution in [0.2, 0.25) is 0 Å². The molecule has 0 aliphatic carbocycles. The lowest BCUT2D eigenvalue weighted by Crippen LogP contribution is -2.27. The summed E-state index contributed by atoms with van der Waals surface area (Å²) in [5.41, 5.74) is 7.74. The second kappa shape index (κ2) is 6.56. The molecule has 104 valence electrons. The molecule has 0 atom stereocenters. The number of ether oxygens (including phenoxy) is 1. The van der Waals surface area contributed by atoms with Crippen molar-refractivity contribution < 1.29 is 9.53 Å². The van der Waals surface area contributed by atoms with Crippen LogP contribution in [0.3, 0.4) is 0 Å². The van der Waals surface area contributed by atoms with E-state index in [-0.39, 0.29) is 5.91 Å². The Bertz CT molecular complexity index is 585. The van der Waals surface area contributed by atoms with Gasteiger partial charge in [-0.15, -0.1) is 0 Å². The summed E-state index contributed by atoms with van der Waals surface area (Å²) < 4.78 is 5.16. The standard InChI is InChI=1S/C15H17N3O2/c1-20-13-4-2-3-12(16)14(13)15(19)18-10-7-11-5-8-17-9-6-11/h2-6,8-9H,7,10,16H2,1H3,(H,18,19). The third-order valence-electron chi connectivity index (χ3n) is 2.95. The predicted octanol–water partition coefficient (Wildman–Crippen LogP) is 1.64. The number of nitrogen functional groups attached to an aromatic ring is 1. The molecule has 0 unspecified atom stereocenters. The van der Waals surface area contributed by atoms with Gasteiger partial charge in [0.25, 0.3) is 5.91 Å². The first-order valence-corrected chi connectivity index (χ1v) is 6.32. The number of nitrogens with one attached hydrogen (secondary N) is 1. The number of pyridine rings is 1. The summed E-state index contributed by atoms with van der Waals surface area (Å²) in [5, 5.41) is 2.84. The number of rotatable bonds is 5. The molecule has 20 heavy (non-hydrogen) atoms. The van der Waals surface area contributed by atoms with Crippen LogP contribution in [0, 0.1) is 0 Å². The van der Waals surface area contributed by atoms with Gasteiger partial charge in [0, 0.05) is 24.6 Å². The van der Waals surface area contributed by atoms with Gasteiger partial charge in [0.05, 0.1) is 7.11 Å². The largest absolute Gasteiger partial charge is 0.496 e. The lowest BCUT2D eigenvalue weighted by Gasteiger charge is -2.11. The van der Waals surface area contributed by atoms with Crippen molar-refractivity contribution in [3.63, 3.8) is 0 Å². The molecule has 5 heteroatoms. The fourth-order valence-corrected chi connectivity index (χ4v) is 1.92. The van der Waals surface area contributed by atoms with Crippen molar-refractivity contribution in [1.29, 1.82) is 0 Å². The van der Waals surface area contributed by atoms with Crippen molar-refractivity contribution in [2.24, 2.45) is 0 Å². The molecule has 5 nitrogen and oxygen atoms in total. The van der Waals surface area contributed by atoms with Crippen molar-refractivity contribution >= 4 is 11.6 Å². The van der Waals surface area contributed by atoms with Crippen LogP contribution in [0.25, 0.3) is 0 Å². The Balaban J connectivity index is 1.99. The molecule has 1 amide bonds. The highest BCUT2D eigenvalue weighted by Crippen LogP contribution is 2.23. The second-order valence-electron chi connectivity index (χ2n) is 4.29. The van der Waals surface area contributed by atoms with Crippen molar-refractivity contribution in [3.05, 3.63) is 53.9 Å². The van der Waals surface area contributed by atoms with Crippen molar-refractivity contribution in [3.8, 4) is 5.75 Å². The van der Waals surface area contributed by atoms with Crippen molar-refractivity contribution in [2.45, 2.75) is 6.42 Å². The molecule has 0 saturated carbocycles. The van der Waals surface area contributed by atoms with E-state index in [0.29, 0.717) is 23.5 Å². The highest BCUT2D eigenvalue weighted by molar-refractivity contribution is 6.01. The molecule has 0 fully saturated rings. The summed E-state index contributed by atoms with van der Waals surface area (Å²) in [6.45, 7) is 0.528. The quantitative estimate of drug-likeness (QED) is 0.810. The lowest BCUT2D eigenvalue weighted by atomic mass is 10.1. The number of benzene rings is 1. The van der Waals surface area contributed by atoms with Crippen molar-refractivity contribution in [2.75, 3.05) is 19.4 Å². The van der Waals surface area contributed by atoms with E-state index < -0.39 is 0 Å². The summed E-state index contributed by atoms with van der Waals surface area (Å²) in [6, 6.07) is 8.99. The molecule has 0 radical (unpaired) electrons. The number of amides is 1. The number of methoxy groups -OCH3 is 1. The molecule has 0 spiro atoms. The van der Waals surface area contributed by atoms with Crippen LogP contribution in [-0.2, 0) is 6.42 Å². The number of carbonyl (C=O) groups is 1. The average molecular weight is 271 g/mol. The summed E-state index contributed by atoms with van der Waals surface area (Å²) in [6.07, 6.45) is 4.20. The van der Waals surface area contributed by atoms with Crippen LogP contribution >= 0.6 is 0 Å². The molecule has 0 bridgehead atoms. The number of hydrogen-bond acceptors (Lipinski definition) is 4. The Morgan fingerprint density at radius 3 is 2.75 bits per heavy atom. The molecule has 2 aromatic rings. The zero-order valence-corrected chi connectivity index (χ0v) is 11.3. The maximum Gasteiger partial charge on any atom is 0.257 e. The third-order valence-corrected chi connectivity index (χ3v) is 2.95. The van der Waals surface area contributed by atoms with Crippen LogP contribution in [0.1, 0.15) is 15.9 Å². The Hall–Kier alpha value is -2.56. The lowest BCUT2D eigenvalue weighted by molar-refractivity contribution is 0.0952. The topological polar surface area (TPSA) is 77.2 Å². The van der Waals surface area contributed by atoms with E-state index in [0.717, 1.165) is 12.0 Å². The number of nitrogens with zero attached hydrogens (tertiary/aromatic N) is 1. The van der Waals surface area contributed by atoms with Gasteiger partial charge in [0.15, 0.2) is 0 Å². The van der Waals surface area contributed by atoms with Crippen LogP contribution < -0.4 is 15.8 Å². The number of carbonyl (C=O) groups excluding carboxylic acids is 1. The first-order valence-electron chi connectivity index (χ1n) is 6.32. The first-order chi connectivity index (χ1) is 9.72. The monoisotopic (exact) mass is 271 g/mol. The van der Waals surface area contributed by atoms with Gasteiger partial charge in [-0.2, -0.15) is 0 Å². The molecular formula is C15H17N3O2. The molecule has 1 heterocycles. The molecule has 0 aliphatic rings. The maximum absolute atomic E-state index is 12.2. The molecule has 0 saturated heterocycles. The number of nitrogens with two attached hydrogens (primary N) is 1. The van der Waals surface area contributed by atoms with Gasteiger partial charge in [0.2, 0.25) is 0 Å². The van der Waals surface area contributed by atoms with E-state index in [4.69, 9.17) is 10.5 Å². The van der Waals surface area contributed by atoms with Gasteiger partial charge in [-0.1, -0.05) is 6.07 Å². The van der Waals surface area contributed by atoms with Crippen LogP contribution in [0.5, 0.6) is 5.75 Å². The fourth-order valence-electron chi connectivity index (χ4n) is 1.92. The average Bonchev–Trinajstić information content (AvgIpc) is 2.47. The van der Waals surface area contributed by atoms with Crippen LogP contribution in [-0.4, -0.2) is 24.5 Å². The minimum absolute atomic E-state index is 0.228. The van der Waals surface area contributed by atoms with E-state index >= 15 is 0 Å². The Labute approximate surface area is 117 Å². The zero-order valence-electron chi connectivity index (χ0n) is 11.3. The summed E-state index contributed by atoms with van der Waals surface area (Å²) in [4.78, 5) is 16.1. The third kappa shape index (κ3) is 3.26. The minimum Gasteiger partial charge on any atom is -0.496 e.